The summed E-state index contributed by atoms with van der Waals surface area (Å²) in [6.07, 6.45) is 0. The smallest absolute Gasteiger partial charge is 0.325 e. The van der Waals surface area contributed by atoms with Gasteiger partial charge in [0.25, 0.3) is 0 Å². The van der Waals surface area contributed by atoms with Crippen molar-refractivity contribution in [3.05, 3.63) is 23.2 Å². The number of esters is 1. The molecule has 2 rings (SSSR count). The van der Waals surface area contributed by atoms with Crippen molar-refractivity contribution in [2.45, 2.75) is 19.2 Å². The molecule has 6 heteroatoms. The zero-order chi connectivity index (χ0) is 13.3. The summed E-state index contributed by atoms with van der Waals surface area (Å²) in [5.74, 6) is 1.42. The second-order valence-corrected chi connectivity index (χ2v) is 5.22. The Morgan fingerprint density at radius 3 is 2.89 bits per heavy atom. The first-order chi connectivity index (χ1) is 8.52. The number of nitrogens with zero attached hydrogens (tertiary/aromatic N) is 1. The van der Waals surface area contributed by atoms with E-state index in [4.69, 9.17) is 4.42 Å². The highest BCUT2D eigenvalue weighted by molar-refractivity contribution is 8.00. The van der Waals surface area contributed by atoms with Gasteiger partial charge < -0.3 is 14.1 Å². The highest BCUT2D eigenvalue weighted by atomic mass is 32.2. The standard InChI is InChI=1S/C12H15NO4S/c1-7-4-9(17-8(7)2)12-13(5-11(15)16-3)10(14)6-18-12/h4,12H,5-6H2,1-3H3. The van der Waals surface area contributed by atoms with Crippen LogP contribution in [0.15, 0.2) is 10.5 Å². The lowest BCUT2D eigenvalue weighted by Crippen LogP contribution is -2.33. The number of ether oxygens (including phenoxy) is 1. The molecule has 0 aliphatic carbocycles. The Labute approximate surface area is 109 Å². The minimum atomic E-state index is -0.421. The van der Waals surface area contributed by atoms with E-state index in [1.807, 2.05) is 19.9 Å². The predicted molar refractivity (Wildman–Crippen MR) is 67.1 cm³/mol. The van der Waals surface area contributed by atoms with Crippen LogP contribution in [0.1, 0.15) is 22.5 Å². The molecule has 1 fully saturated rings. The van der Waals surface area contributed by atoms with Crippen molar-refractivity contribution >= 4 is 23.6 Å². The molecule has 1 aromatic heterocycles. The van der Waals surface area contributed by atoms with Gasteiger partial charge in [0.1, 0.15) is 23.4 Å². The van der Waals surface area contributed by atoms with Gasteiger partial charge in [-0.2, -0.15) is 0 Å². The zero-order valence-corrected chi connectivity index (χ0v) is 11.4. The van der Waals surface area contributed by atoms with Crippen molar-refractivity contribution in [3.8, 4) is 0 Å². The number of thioether (sulfide) groups is 1. The molecule has 2 heterocycles. The van der Waals surface area contributed by atoms with Gasteiger partial charge in [-0.3, -0.25) is 9.59 Å². The fourth-order valence-corrected chi connectivity index (χ4v) is 2.91. The number of methoxy groups -OCH3 is 1. The topological polar surface area (TPSA) is 59.8 Å². The van der Waals surface area contributed by atoms with Crippen LogP contribution in [0.5, 0.6) is 0 Å². The molecule has 0 N–H and O–H groups in total. The molecule has 1 aliphatic heterocycles. The molecular formula is C12H15NO4S. The van der Waals surface area contributed by atoms with E-state index in [0.29, 0.717) is 11.5 Å². The average Bonchev–Trinajstić information content (AvgIpc) is 2.85. The summed E-state index contributed by atoms with van der Waals surface area (Å²) >= 11 is 1.46. The van der Waals surface area contributed by atoms with Gasteiger partial charge in [0.2, 0.25) is 5.91 Å². The van der Waals surface area contributed by atoms with E-state index >= 15 is 0 Å². The number of furan rings is 1. The number of rotatable bonds is 3. The summed E-state index contributed by atoms with van der Waals surface area (Å²) in [5.41, 5.74) is 1.04. The van der Waals surface area contributed by atoms with Crippen molar-refractivity contribution in [1.82, 2.24) is 4.90 Å². The van der Waals surface area contributed by atoms with Gasteiger partial charge in [-0.1, -0.05) is 0 Å². The Bertz CT molecular complexity index is 463. The number of hydrogen-bond acceptors (Lipinski definition) is 5. The molecular weight excluding hydrogens is 254 g/mol. The van der Waals surface area contributed by atoms with E-state index in [1.165, 1.54) is 23.8 Å². The lowest BCUT2D eigenvalue weighted by atomic mass is 10.3. The van der Waals surface area contributed by atoms with Crippen LogP contribution in [0.25, 0.3) is 0 Å². The Kier molecular flexibility index (Phi) is 3.65. The van der Waals surface area contributed by atoms with Crippen molar-refractivity contribution in [2.75, 3.05) is 19.4 Å². The van der Waals surface area contributed by atoms with Crippen LogP contribution in [0.3, 0.4) is 0 Å². The van der Waals surface area contributed by atoms with Gasteiger partial charge in [-0.15, -0.1) is 11.8 Å². The number of hydrogen-bond donors (Lipinski definition) is 0. The third kappa shape index (κ3) is 2.38. The van der Waals surface area contributed by atoms with E-state index in [1.54, 1.807) is 0 Å². The molecule has 1 atom stereocenters. The first-order valence-electron chi connectivity index (χ1n) is 5.57. The summed E-state index contributed by atoms with van der Waals surface area (Å²) in [4.78, 5) is 24.6. The maximum absolute atomic E-state index is 11.8. The highest BCUT2D eigenvalue weighted by Crippen LogP contribution is 2.39. The van der Waals surface area contributed by atoms with Gasteiger partial charge in [-0.05, 0) is 25.5 Å². The molecule has 98 valence electrons. The van der Waals surface area contributed by atoms with Gasteiger partial charge in [0.05, 0.1) is 12.9 Å². The lowest BCUT2D eigenvalue weighted by molar-refractivity contribution is -0.146. The first kappa shape index (κ1) is 13.0. The molecule has 0 saturated carbocycles. The summed E-state index contributed by atoms with van der Waals surface area (Å²) in [6.45, 7) is 3.80. The van der Waals surface area contributed by atoms with Crippen LogP contribution in [-0.4, -0.2) is 36.2 Å². The molecule has 0 aromatic carbocycles. The predicted octanol–water partition coefficient (Wildman–Crippen LogP) is 1.64. The molecule has 0 bridgehead atoms. The highest BCUT2D eigenvalue weighted by Gasteiger charge is 2.36. The van der Waals surface area contributed by atoms with Gasteiger partial charge in [0.15, 0.2) is 0 Å². The van der Waals surface area contributed by atoms with E-state index in [9.17, 15) is 9.59 Å². The van der Waals surface area contributed by atoms with E-state index in [2.05, 4.69) is 4.74 Å². The largest absolute Gasteiger partial charge is 0.468 e. The van der Waals surface area contributed by atoms with Gasteiger partial charge >= 0.3 is 5.97 Å². The average molecular weight is 269 g/mol. The second kappa shape index (κ2) is 5.06. The van der Waals surface area contributed by atoms with E-state index in [-0.39, 0.29) is 17.8 Å². The molecule has 5 nitrogen and oxygen atoms in total. The molecule has 1 saturated heterocycles. The number of aryl methyl sites for hydroxylation is 2. The first-order valence-corrected chi connectivity index (χ1v) is 6.62. The Balaban J connectivity index is 2.20. The van der Waals surface area contributed by atoms with E-state index < -0.39 is 5.97 Å². The summed E-state index contributed by atoms with van der Waals surface area (Å²) < 4.78 is 10.2. The lowest BCUT2D eigenvalue weighted by Gasteiger charge is -2.20. The fourth-order valence-electron chi connectivity index (χ4n) is 1.79. The van der Waals surface area contributed by atoms with Gasteiger partial charge in [-0.25, -0.2) is 0 Å². The molecule has 1 aliphatic rings. The summed E-state index contributed by atoms with van der Waals surface area (Å²) in [5, 5.41) is -0.232. The fraction of sp³-hybridized carbons (Fsp3) is 0.500. The minimum absolute atomic E-state index is 0.0359. The zero-order valence-electron chi connectivity index (χ0n) is 10.6. The van der Waals surface area contributed by atoms with Crippen LogP contribution in [0.2, 0.25) is 0 Å². The second-order valence-electron chi connectivity index (χ2n) is 4.15. The summed E-state index contributed by atoms with van der Waals surface area (Å²) in [7, 11) is 1.31. The monoisotopic (exact) mass is 269 g/mol. The molecule has 18 heavy (non-hydrogen) atoms. The molecule has 1 amide bonds. The number of carbonyl (C=O) groups excluding carboxylic acids is 2. The van der Waals surface area contributed by atoms with Crippen LogP contribution < -0.4 is 0 Å². The van der Waals surface area contributed by atoms with Crippen LogP contribution >= 0.6 is 11.8 Å². The van der Waals surface area contributed by atoms with Crippen molar-refractivity contribution in [3.63, 3.8) is 0 Å². The normalized spacial score (nSPS) is 19.4. The Hall–Kier alpha value is -1.43. The van der Waals surface area contributed by atoms with Crippen molar-refractivity contribution in [2.24, 2.45) is 0 Å². The van der Waals surface area contributed by atoms with Crippen LogP contribution in [-0.2, 0) is 14.3 Å². The third-order valence-corrected chi connectivity index (χ3v) is 4.14. The maximum atomic E-state index is 11.8. The minimum Gasteiger partial charge on any atom is -0.468 e. The molecule has 0 spiro atoms. The molecule has 1 aromatic rings. The van der Waals surface area contributed by atoms with E-state index in [0.717, 1.165) is 11.3 Å². The number of carbonyl (C=O) groups is 2. The van der Waals surface area contributed by atoms with Crippen molar-refractivity contribution in [1.29, 1.82) is 0 Å². The molecule has 1 unspecified atom stereocenters. The molecule has 0 radical (unpaired) electrons. The third-order valence-electron chi connectivity index (χ3n) is 2.92. The van der Waals surface area contributed by atoms with Crippen LogP contribution in [0.4, 0.5) is 0 Å². The maximum Gasteiger partial charge on any atom is 0.325 e. The van der Waals surface area contributed by atoms with Gasteiger partial charge in [0, 0.05) is 0 Å². The Morgan fingerprint density at radius 1 is 1.61 bits per heavy atom. The van der Waals surface area contributed by atoms with Crippen LogP contribution in [0, 0.1) is 13.8 Å². The Morgan fingerprint density at radius 2 is 2.33 bits per heavy atom. The SMILES string of the molecule is COC(=O)CN1C(=O)CSC1c1cc(C)c(C)o1. The number of amides is 1. The van der Waals surface area contributed by atoms with Crippen molar-refractivity contribution < 1.29 is 18.7 Å². The summed E-state index contributed by atoms with van der Waals surface area (Å²) in [6, 6.07) is 1.91. The quantitative estimate of drug-likeness (QED) is 0.781.